The van der Waals surface area contributed by atoms with Gasteiger partial charge in [0.15, 0.2) is 5.62 Å². The summed E-state index contributed by atoms with van der Waals surface area (Å²) in [5, 5.41) is 12.6. The van der Waals surface area contributed by atoms with E-state index in [9.17, 15) is 19.5 Å². The quantitative estimate of drug-likeness (QED) is 0.118. The summed E-state index contributed by atoms with van der Waals surface area (Å²) in [6.07, 6.45) is 4.09. The number of aromatic nitrogens is 3. The Morgan fingerprint density at radius 2 is 1.77 bits per heavy atom. The minimum Gasteiger partial charge on any atom is -0.478 e. The van der Waals surface area contributed by atoms with Crippen molar-refractivity contribution in [1.82, 2.24) is 19.9 Å². The molecule has 8 nitrogen and oxygen atoms in total. The first kappa shape index (κ1) is 33.6. The lowest BCUT2D eigenvalue weighted by atomic mass is 9.98. The van der Waals surface area contributed by atoms with Gasteiger partial charge in [-0.2, -0.15) is 0 Å². The lowest BCUT2D eigenvalue weighted by molar-refractivity contribution is 0.0697. The van der Waals surface area contributed by atoms with Gasteiger partial charge in [-0.1, -0.05) is 81.1 Å². The van der Waals surface area contributed by atoms with Gasteiger partial charge in [-0.05, 0) is 78.3 Å². The number of carbonyl (C=O) groups excluding carboxylic acids is 2. The average molecular weight is 649 g/mol. The number of imidazole rings is 1. The molecule has 2 aromatic heterocycles. The van der Waals surface area contributed by atoms with Crippen molar-refractivity contribution >= 4 is 40.3 Å². The van der Waals surface area contributed by atoms with E-state index in [2.05, 4.69) is 35.6 Å². The Morgan fingerprint density at radius 1 is 1.02 bits per heavy atom. The topological polar surface area (TPSA) is 114 Å². The number of thioether (sulfide) groups is 1. The number of pyridine rings is 1. The van der Waals surface area contributed by atoms with Crippen LogP contribution in [0, 0.1) is 12.8 Å². The summed E-state index contributed by atoms with van der Waals surface area (Å²) < 4.78 is 2.17. The molecule has 2 atom stereocenters. The lowest BCUT2D eigenvalue weighted by Crippen LogP contribution is -2.39. The van der Waals surface area contributed by atoms with Crippen molar-refractivity contribution in [3.63, 3.8) is 0 Å². The van der Waals surface area contributed by atoms with Crippen LogP contribution in [0.4, 0.5) is 0 Å². The summed E-state index contributed by atoms with van der Waals surface area (Å²) in [6.45, 7) is 8.84. The summed E-state index contributed by atoms with van der Waals surface area (Å²) in [4.78, 5) is 46.9. The van der Waals surface area contributed by atoms with Crippen LogP contribution in [-0.2, 0) is 17.8 Å². The Bertz CT molecular complexity index is 1870. The average Bonchev–Trinajstić information content (AvgIpc) is 3.41. The van der Waals surface area contributed by atoms with Crippen molar-refractivity contribution in [2.75, 3.05) is 0 Å². The molecular weight excluding hydrogens is 609 g/mol. The first-order valence-corrected chi connectivity index (χ1v) is 16.9. The van der Waals surface area contributed by atoms with Crippen LogP contribution in [0.25, 0.3) is 22.2 Å². The summed E-state index contributed by atoms with van der Waals surface area (Å²) in [6, 6.07) is 24.0. The maximum atomic E-state index is 13.9. The predicted octanol–water partition coefficient (Wildman–Crippen LogP) is 7.91. The van der Waals surface area contributed by atoms with Crippen LogP contribution < -0.4 is 5.32 Å². The van der Waals surface area contributed by atoms with E-state index in [1.165, 1.54) is 0 Å². The molecule has 3 aromatic carbocycles. The van der Waals surface area contributed by atoms with Crippen LogP contribution in [0.15, 0.2) is 85.1 Å². The Kier molecular flexibility index (Phi) is 10.9. The number of amides is 1. The first-order chi connectivity index (χ1) is 22.7. The lowest BCUT2D eigenvalue weighted by Gasteiger charge is -2.27. The maximum Gasteiger partial charge on any atom is 0.336 e. The van der Waals surface area contributed by atoms with E-state index in [4.69, 9.17) is 4.98 Å². The molecular formula is C38H40N4O4S. The third kappa shape index (κ3) is 7.80. The normalized spacial score (nSPS) is 12.6. The number of aryl methyl sites for hydroxylation is 2. The van der Waals surface area contributed by atoms with Crippen molar-refractivity contribution in [2.45, 2.75) is 64.8 Å². The monoisotopic (exact) mass is 648 g/mol. The number of carbonyl (C=O) groups is 3. The van der Waals surface area contributed by atoms with E-state index in [0.717, 1.165) is 69.5 Å². The summed E-state index contributed by atoms with van der Waals surface area (Å²) in [5.41, 5.74) is 7.55. The minimum atomic E-state index is -0.959. The van der Waals surface area contributed by atoms with Crippen molar-refractivity contribution in [1.29, 1.82) is 0 Å². The van der Waals surface area contributed by atoms with E-state index in [-0.39, 0.29) is 28.7 Å². The zero-order chi connectivity index (χ0) is 33.5. The van der Waals surface area contributed by atoms with Crippen molar-refractivity contribution < 1.29 is 19.5 Å². The molecule has 0 saturated heterocycles. The molecule has 47 heavy (non-hydrogen) atoms. The number of rotatable bonds is 14. The van der Waals surface area contributed by atoms with Gasteiger partial charge in [-0.15, -0.1) is 0 Å². The van der Waals surface area contributed by atoms with Gasteiger partial charge in [0, 0.05) is 30.8 Å². The van der Waals surface area contributed by atoms with Gasteiger partial charge in [0.1, 0.15) is 5.82 Å². The number of carboxylic acids is 1. The molecule has 0 aliphatic carbocycles. The van der Waals surface area contributed by atoms with Crippen LogP contribution in [0.2, 0.25) is 0 Å². The van der Waals surface area contributed by atoms with E-state index in [1.54, 1.807) is 18.3 Å². The summed E-state index contributed by atoms with van der Waals surface area (Å²) in [5.74, 6) is 0.0577. The molecule has 5 rings (SSSR count). The third-order valence-corrected chi connectivity index (χ3v) is 9.19. The molecule has 9 heteroatoms. The smallest absolute Gasteiger partial charge is 0.336 e. The zero-order valence-electron chi connectivity index (χ0n) is 27.1. The second kappa shape index (κ2) is 15.2. The summed E-state index contributed by atoms with van der Waals surface area (Å²) >= 11 is 1.14. The molecule has 0 radical (unpaired) electrons. The summed E-state index contributed by atoms with van der Waals surface area (Å²) in [7, 11) is 0. The second-order valence-corrected chi connectivity index (χ2v) is 13.2. The number of carboxylic acid groups (broad SMARTS) is 1. The van der Waals surface area contributed by atoms with Crippen LogP contribution in [0.5, 0.6) is 0 Å². The van der Waals surface area contributed by atoms with E-state index in [1.807, 2.05) is 73.7 Å². The molecule has 0 saturated carbocycles. The predicted molar refractivity (Wildman–Crippen MR) is 188 cm³/mol. The van der Waals surface area contributed by atoms with Crippen LogP contribution in [0.3, 0.4) is 0 Å². The molecule has 0 spiro atoms. The second-order valence-electron chi connectivity index (χ2n) is 12.2. The number of hydrogen-bond acceptors (Lipinski definition) is 6. The highest BCUT2D eigenvalue weighted by molar-refractivity contribution is 8.12. The third-order valence-electron chi connectivity index (χ3n) is 8.21. The van der Waals surface area contributed by atoms with E-state index >= 15 is 0 Å². The SMILES string of the molecule is CCCc1nc2c(C)cc(C(=O)N[C@H](CC(C)C)C(SC=O)c3ccccn3)cc2n1Cc1ccc(-c2ccccc2C(=O)O)cc1. The Balaban J connectivity index is 1.48. The van der Waals surface area contributed by atoms with Gasteiger partial charge in [0.25, 0.3) is 5.91 Å². The molecule has 5 aromatic rings. The largest absolute Gasteiger partial charge is 0.478 e. The Morgan fingerprint density at radius 3 is 2.43 bits per heavy atom. The fraction of sp³-hybridized carbons (Fsp3) is 0.289. The number of benzene rings is 3. The molecule has 0 aliphatic rings. The molecule has 2 N–H and O–H groups in total. The van der Waals surface area contributed by atoms with Gasteiger partial charge in [-0.3, -0.25) is 14.6 Å². The number of hydrogen-bond donors (Lipinski definition) is 2. The molecule has 2 heterocycles. The van der Waals surface area contributed by atoms with E-state index in [0.29, 0.717) is 24.1 Å². The van der Waals surface area contributed by atoms with Gasteiger partial charge in [-0.25, -0.2) is 9.78 Å². The Labute approximate surface area is 279 Å². The number of fused-ring (bicyclic) bond motifs is 1. The van der Waals surface area contributed by atoms with E-state index < -0.39 is 5.97 Å². The molecule has 1 unspecified atom stereocenters. The fourth-order valence-corrected chi connectivity index (χ4v) is 6.82. The number of aromatic carboxylic acids is 1. The number of nitrogens with zero attached hydrogens (tertiary/aromatic N) is 3. The van der Waals surface area contributed by atoms with Gasteiger partial charge in [0.2, 0.25) is 0 Å². The van der Waals surface area contributed by atoms with Crippen LogP contribution in [0.1, 0.15) is 82.2 Å². The van der Waals surface area contributed by atoms with Gasteiger partial charge < -0.3 is 15.0 Å². The van der Waals surface area contributed by atoms with Crippen molar-refractivity contribution in [3.05, 3.63) is 119 Å². The molecule has 0 bridgehead atoms. The highest BCUT2D eigenvalue weighted by atomic mass is 32.2. The highest BCUT2D eigenvalue weighted by Gasteiger charge is 2.28. The van der Waals surface area contributed by atoms with Crippen LogP contribution >= 0.6 is 11.8 Å². The number of nitrogens with one attached hydrogen (secondary N) is 1. The van der Waals surface area contributed by atoms with Gasteiger partial charge in [0.05, 0.1) is 27.5 Å². The molecule has 0 fully saturated rings. The zero-order valence-corrected chi connectivity index (χ0v) is 28.0. The van der Waals surface area contributed by atoms with Gasteiger partial charge >= 0.3 is 5.97 Å². The Hall–Kier alpha value is -4.76. The first-order valence-electron chi connectivity index (χ1n) is 15.9. The minimum absolute atomic E-state index is 0.209. The molecule has 1 amide bonds. The van der Waals surface area contributed by atoms with Crippen LogP contribution in [-0.4, -0.2) is 43.2 Å². The van der Waals surface area contributed by atoms with Crippen molar-refractivity contribution in [2.24, 2.45) is 5.92 Å². The fourth-order valence-electron chi connectivity index (χ4n) is 6.05. The molecule has 242 valence electrons. The molecule has 0 aliphatic heterocycles. The standard InChI is InChI=1S/C38H40N4O4S/c1-5-10-34-41-35-25(4)20-28(37(44)40-32(19-24(2)3)36(47-23-43)31-13-8-9-18-39-31)21-33(35)42(34)22-26-14-16-27(17-15-26)29-11-6-7-12-30(29)38(45)46/h6-9,11-18,20-21,23-24,32,36H,5,10,19,22H2,1-4H3,(H,40,44)(H,45,46)/t32-,36?/m1/s1. The highest BCUT2D eigenvalue weighted by Crippen LogP contribution is 2.33. The maximum absolute atomic E-state index is 13.9. The van der Waals surface area contributed by atoms with Crippen molar-refractivity contribution in [3.8, 4) is 11.1 Å².